The maximum atomic E-state index is 6.35. The summed E-state index contributed by atoms with van der Waals surface area (Å²) in [6.07, 6.45) is 4.97. The van der Waals surface area contributed by atoms with Crippen LogP contribution in [0, 0.1) is 0 Å². The van der Waals surface area contributed by atoms with Gasteiger partial charge in [-0.05, 0) is 37.0 Å². The first kappa shape index (κ1) is 16.8. The molecule has 0 amide bonds. The van der Waals surface area contributed by atoms with Gasteiger partial charge in [0, 0.05) is 20.0 Å². The second-order valence-corrected chi connectivity index (χ2v) is 7.15. The number of rotatable bonds is 3. The molecule has 3 unspecified atom stereocenters. The van der Waals surface area contributed by atoms with Crippen LogP contribution in [0.4, 0.5) is 0 Å². The van der Waals surface area contributed by atoms with Crippen molar-refractivity contribution in [1.29, 1.82) is 0 Å². The van der Waals surface area contributed by atoms with E-state index in [2.05, 4.69) is 15.6 Å². The summed E-state index contributed by atoms with van der Waals surface area (Å²) in [6, 6.07) is 4.24. The van der Waals surface area contributed by atoms with Crippen LogP contribution in [0.15, 0.2) is 17.1 Å². The quantitative estimate of drug-likeness (QED) is 0.636. The fraction of sp³-hybridized carbons (Fsp3) is 0.611. The van der Waals surface area contributed by atoms with E-state index in [1.807, 2.05) is 12.1 Å². The lowest BCUT2D eigenvalue weighted by molar-refractivity contribution is 0.0992. The fourth-order valence-corrected chi connectivity index (χ4v) is 4.02. The average molecular weight is 366 g/mol. The van der Waals surface area contributed by atoms with E-state index in [0.29, 0.717) is 54.5 Å². The van der Waals surface area contributed by atoms with Crippen molar-refractivity contribution < 1.29 is 14.2 Å². The first-order valence-electron chi connectivity index (χ1n) is 8.93. The molecule has 2 bridgehead atoms. The molecule has 1 aromatic carbocycles. The highest BCUT2D eigenvalue weighted by molar-refractivity contribution is 6.32. The lowest BCUT2D eigenvalue weighted by atomic mass is 9.96. The number of fused-ring (bicyclic) bond motifs is 3. The van der Waals surface area contributed by atoms with Gasteiger partial charge in [0.2, 0.25) is 0 Å². The molecule has 1 aromatic rings. The predicted molar refractivity (Wildman–Crippen MR) is 96.7 cm³/mol. The molecule has 25 heavy (non-hydrogen) atoms. The van der Waals surface area contributed by atoms with Gasteiger partial charge in [-0.1, -0.05) is 11.6 Å². The average Bonchev–Trinajstić information content (AvgIpc) is 3.14. The third-order valence-corrected chi connectivity index (χ3v) is 5.25. The molecule has 0 aliphatic carbocycles. The normalized spacial score (nSPS) is 27.9. The van der Waals surface area contributed by atoms with Crippen LogP contribution in [0.5, 0.6) is 11.5 Å². The molecule has 3 atom stereocenters. The summed E-state index contributed by atoms with van der Waals surface area (Å²) in [5.74, 6) is 2.14. The smallest absolute Gasteiger partial charge is 0.191 e. The van der Waals surface area contributed by atoms with Crippen molar-refractivity contribution in [3.63, 3.8) is 0 Å². The Bertz CT molecular complexity index is 667. The summed E-state index contributed by atoms with van der Waals surface area (Å²) in [5.41, 5.74) is 1.03. The Labute approximate surface area is 152 Å². The van der Waals surface area contributed by atoms with Crippen LogP contribution in [-0.4, -0.2) is 44.5 Å². The number of benzene rings is 1. The van der Waals surface area contributed by atoms with Crippen LogP contribution in [0.2, 0.25) is 5.02 Å². The SMILES string of the molecule is CN=C(NCc1cc(Cl)c2c(c1)OCCCO2)NC1CC2CCC1O2. The molecule has 4 rings (SSSR count). The van der Waals surface area contributed by atoms with Crippen molar-refractivity contribution in [3.8, 4) is 11.5 Å². The lowest BCUT2D eigenvalue weighted by Crippen LogP contribution is -2.47. The van der Waals surface area contributed by atoms with E-state index >= 15 is 0 Å². The van der Waals surface area contributed by atoms with Gasteiger partial charge in [-0.15, -0.1) is 0 Å². The van der Waals surface area contributed by atoms with Crippen molar-refractivity contribution in [3.05, 3.63) is 22.7 Å². The maximum absolute atomic E-state index is 6.35. The molecule has 3 aliphatic rings. The largest absolute Gasteiger partial charge is 0.489 e. The standard InChI is InChI=1S/C18H24ClN3O3/c1-20-18(22-14-9-12-3-4-15(14)25-12)21-10-11-7-13(19)17-16(8-11)23-5-2-6-24-17/h7-8,12,14-15H,2-6,9-10H2,1H3,(H2,20,21,22). The number of halogens is 1. The molecule has 3 aliphatic heterocycles. The van der Waals surface area contributed by atoms with Crippen molar-refractivity contribution in [2.24, 2.45) is 4.99 Å². The Hall–Kier alpha value is -1.66. The summed E-state index contributed by atoms with van der Waals surface area (Å²) >= 11 is 6.35. The zero-order valence-electron chi connectivity index (χ0n) is 14.4. The minimum atomic E-state index is 0.316. The van der Waals surface area contributed by atoms with Crippen molar-refractivity contribution in [2.75, 3.05) is 20.3 Å². The van der Waals surface area contributed by atoms with Crippen LogP contribution >= 0.6 is 11.6 Å². The molecule has 6 nitrogen and oxygen atoms in total. The molecular formula is C18H24ClN3O3. The Kier molecular flexibility index (Phi) is 4.90. The molecule has 0 saturated carbocycles. The molecule has 0 aromatic heterocycles. The van der Waals surface area contributed by atoms with E-state index in [0.717, 1.165) is 30.8 Å². The topological polar surface area (TPSA) is 64.1 Å². The van der Waals surface area contributed by atoms with Gasteiger partial charge in [0.15, 0.2) is 17.5 Å². The van der Waals surface area contributed by atoms with E-state index in [-0.39, 0.29) is 0 Å². The molecule has 3 heterocycles. The lowest BCUT2D eigenvalue weighted by Gasteiger charge is -2.22. The van der Waals surface area contributed by atoms with Gasteiger partial charge in [0.25, 0.3) is 0 Å². The van der Waals surface area contributed by atoms with Gasteiger partial charge in [-0.25, -0.2) is 0 Å². The first-order valence-corrected chi connectivity index (χ1v) is 9.31. The second-order valence-electron chi connectivity index (χ2n) is 6.74. The minimum Gasteiger partial charge on any atom is -0.489 e. The molecule has 2 fully saturated rings. The highest BCUT2D eigenvalue weighted by Crippen LogP contribution is 2.38. The molecule has 0 radical (unpaired) electrons. The zero-order chi connectivity index (χ0) is 17.2. The van der Waals surface area contributed by atoms with Crippen molar-refractivity contribution in [2.45, 2.75) is 50.5 Å². The molecule has 0 spiro atoms. The summed E-state index contributed by atoms with van der Waals surface area (Å²) in [5, 5.41) is 7.41. The Morgan fingerprint density at radius 3 is 2.92 bits per heavy atom. The number of hydrogen-bond acceptors (Lipinski definition) is 4. The highest BCUT2D eigenvalue weighted by Gasteiger charge is 2.41. The molecule has 2 saturated heterocycles. The van der Waals surface area contributed by atoms with Gasteiger partial charge < -0.3 is 24.8 Å². The van der Waals surface area contributed by atoms with Crippen LogP contribution in [0.1, 0.15) is 31.2 Å². The van der Waals surface area contributed by atoms with Crippen molar-refractivity contribution >= 4 is 17.6 Å². The summed E-state index contributed by atoms with van der Waals surface area (Å²) in [7, 11) is 1.78. The first-order chi connectivity index (χ1) is 12.2. The van der Waals surface area contributed by atoms with E-state index in [1.54, 1.807) is 7.05 Å². The van der Waals surface area contributed by atoms with Crippen molar-refractivity contribution in [1.82, 2.24) is 10.6 Å². The third-order valence-electron chi connectivity index (χ3n) is 4.97. The van der Waals surface area contributed by atoms with Gasteiger partial charge >= 0.3 is 0 Å². The van der Waals surface area contributed by atoms with E-state index in [1.165, 1.54) is 6.42 Å². The minimum absolute atomic E-state index is 0.316. The summed E-state index contributed by atoms with van der Waals surface area (Å²) in [6.45, 7) is 1.89. The van der Waals surface area contributed by atoms with Gasteiger partial charge in [0.05, 0.1) is 36.5 Å². The third kappa shape index (κ3) is 3.65. The van der Waals surface area contributed by atoms with Crippen LogP contribution in [0.25, 0.3) is 0 Å². The Morgan fingerprint density at radius 1 is 1.28 bits per heavy atom. The van der Waals surface area contributed by atoms with Crippen LogP contribution < -0.4 is 20.1 Å². The van der Waals surface area contributed by atoms with E-state index < -0.39 is 0 Å². The van der Waals surface area contributed by atoms with Gasteiger partial charge in [-0.2, -0.15) is 0 Å². The van der Waals surface area contributed by atoms with Crippen LogP contribution in [0.3, 0.4) is 0 Å². The number of nitrogens with zero attached hydrogens (tertiary/aromatic N) is 1. The summed E-state index contributed by atoms with van der Waals surface area (Å²) < 4.78 is 17.3. The van der Waals surface area contributed by atoms with Gasteiger partial charge in [0.1, 0.15) is 0 Å². The van der Waals surface area contributed by atoms with Crippen LogP contribution in [-0.2, 0) is 11.3 Å². The number of nitrogens with one attached hydrogen (secondary N) is 2. The molecular weight excluding hydrogens is 342 g/mol. The molecule has 2 N–H and O–H groups in total. The summed E-state index contributed by atoms with van der Waals surface area (Å²) in [4.78, 5) is 4.33. The fourth-order valence-electron chi connectivity index (χ4n) is 3.73. The molecule has 136 valence electrons. The Morgan fingerprint density at radius 2 is 2.16 bits per heavy atom. The maximum Gasteiger partial charge on any atom is 0.191 e. The number of aliphatic imine (C=N–C) groups is 1. The molecule has 7 heteroatoms. The monoisotopic (exact) mass is 365 g/mol. The number of hydrogen-bond donors (Lipinski definition) is 2. The zero-order valence-corrected chi connectivity index (χ0v) is 15.1. The number of ether oxygens (including phenoxy) is 3. The second kappa shape index (κ2) is 7.30. The highest BCUT2D eigenvalue weighted by atomic mass is 35.5. The van der Waals surface area contributed by atoms with E-state index in [4.69, 9.17) is 25.8 Å². The van der Waals surface area contributed by atoms with E-state index in [9.17, 15) is 0 Å². The Balaban J connectivity index is 1.38. The van der Waals surface area contributed by atoms with Gasteiger partial charge in [-0.3, -0.25) is 4.99 Å². The number of guanidine groups is 1. The predicted octanol–water partition coefficient (Wildman–Crippen LogP) is 2.49.